The van der Waals surface area contributed by atoms with Gasteiger partial charge >= 0.3 is 0 Å². The van der Waals surface area contributed by atoms with Crippen molar-refractivity contribution in [2.75, 3.05) is 0 Å². The molecule has 1 N–H and O–H groups in total. The maximum absolute atomic E-state index is 13.2. The van der Waals surface area contributed by atoms with Gasteiger partial charge in [0.05, 0.1) is 39.1 Å². The third-order valence-corrected chi connectivity index (χ3v) is 6.12. The molecule has 2 aliphatic heterocycles. The van der Waals surface area contributed by atoms with Gasteiger partial charge in [0.1, 0.15) is 11.7 Å². The first-order valence-corrected chi connectivity index (χ1v) is 10.0. The number of thiazole rings is 1. The molecule has 10 nitrogen and oxygen atoms in total. The van der Waals surface area contributed by atoms with Crippen LogP contribution in [0.2, 0.25) is 0 Å². The fraction of sp³-hybridized carbons (Fsp3) is 0.211. The van der Waals surface area contributed by atoms with Crippen molar-refractivity contribution < 1.29 is 19.2 Å². The van der Waals surface area contributed by atoms with Gasteiger partial charge in [-0.15, -0.1) is 16.4 Å². The molecule has 1 saturated heterocycles. The number of amides is 4. The fourth-order valence-corrected chi connectivity index (χ4v) is 4.48. The van der Waals surface area contributed by atoms with Crippen LogP contribution in [0, 0.1) is 6.92 Å². The number of carbonyl (C=O) groups excluding carboxylic acids is 4. The molecule has 3 aromatic rings. The minimum atomic E-state index is -1.02. The van der Waals surface area contributed by atoms with Crippen LogP contribution in [0.4, 0.5) is 0 Å². The molecule has 0 aliphatic carbocycles. The van der Waals surface area contributed by atoms with Gasteiger partial charge in [0, 0.05) is 6.42 Å². The number of piperidine rings is 1. The molecule has 4 heterocycles. The molecule has 11 heteroatoms. The van der Waals surface area contributed by atoms with Gasteiger partial charge in [-0.25, -0.2) is 9.67 Å². The van der Waals surface area contributed by atoms with Crippen LogP contribution in [0.5, 0.6) is 0 Å². The predicted octanol–water partition coefficient (Wildman–Crippen LogP) is 1.10. The normalized spacial score (nSPS) is 18.7. The lowest BCUT2D eigenvalue weighted by atomic mass is 10.0. The second-order valence-electron chi connectivity index (χ2n) is 6.96. The molecule has 1 fully saturated rings. The number of aryl methyl sites for hydroxylation is 1. The first-order chi connectivity index (χ1) is 14.5. The number of hydrogen-bond acceptors (Lipinski definition) is 8. The molecular formula is C19H14N6O4S. The highest BCUT2D eigenvalue weighted by atomic mass is 32.1. The number of fused-ring (bicyclic) bond motifs is 1. The maximum atomic E-state index is 13.2. The van der Waals surface area contributed by atoms with Crippen molar-refractivity contribution in [3.63, 3.8) is 0 Å². The quantitative estimate of drug-likeness (QED) is 0.626. The lowest BCUT2D eigenvalue weighted by molar-refractivity contribution is -0.136. The van der Waals surface area contributed by atoms with E-state index >= 15 is 0 Å². The van der Waals surface area contributed by atoms with E-state index in [0.29, 0.717) is 11.4 Å². The average Bonchev–Trinajstić information content (AvgIpc) is 3.42. The standard InChI is InChI=1S/C19H14N6O4S/c1-9-16(30-8-20-9)11-7-24(23-22-11)12-4-2-3-10-15(12)19(29)25(18(10)28)13-5-6-14(26)21-17(13)27/h2-4,7-8,13H,5-6H2,1H3,(H,21,26,27). The Morgan fingerprint density at radius 1 is 1.17 bits per heavy atom. The number of imide groups is 2. The zero-order valence-electron chi connectivity index (χ0n) is 15.7. The number of aromatic nitrogens is 4. The summed E-state index contributed by atoms with van der Waals surface area (Å²) < 4.78 is 1.44. The van der Waals surface area contributed by atoms with E-state index in [1.54, 1.807) is 23.8 Å². The Morgan fingerprint density at radius 3 is 2.73 bits per heavy atom. The van der Waals surface area contributed by atoms with Crippen LogP contribution in [0.25, 0.3) is 16.3 Å². The Labute approximate surface area is 173 Å². The summed E-state index contributed by atoms with van der Waals surface area (Å²) in [7, 11) is 0. The van der Waals surface area contributed by atoms with Crippen LogP contribution in [0.15, 0.2) is 29.9 Å². The van der Waals surface area contributed by atoms with Crippen molar-refractivity contribution in [1.82, 2.24) is 30.2 Å². The Balaban J connectivity index is 1.55. The van der Waals surface area contributed by atoms with Gasteiger partial charge in [-0.05, 0) is 25.5 Å². The summed E-state index contributed by atoms with van der Waals surface area (Å²) in [5.41, 5.74) is 3.87. The number of nitrogens with zero attached hydrogens (tertiary/aromatic N) is 5. The van der Waals surface area contributed by atoms with E-state index in [4.69, 9.17) is 0 Å². The number of carbonyl (C=O) groups is 4. The summed E-state index contributed by atoms with van der Waals surface area (Å²) in [6.45, 7) is 1.87. The molecule has 2 aliphatic rings. The molecule has 0 saturated carbocycles. The molecule has 30 heavy (non-hydrogen) atoms. The maximum Gasteiger partial charge on any atom is 0.264 e. The van der Waals surface area contributed by atoms with Gasteiger partial charge in [-0.2, -0.15) is 0 Å². The zero-order chi connectivity index (χ0) is 21.0. The molecule has 1 aromatic carbocycles. The largest absolute Gasteiger partial charge is 0.295 e. The Morgan fingerprint density at radius 2 is 2.00 bits per heavy atom. The summed E-state index contributed by atoms with van der Waals surface area (Å²) in [5.74, 6) is -2.22. The zero-order valence-corrected chi connectivity index (χ0v) is 16.5. The molecule has 0 bridgehead atoms. The van der Waals surface area contributed by atoms with Gasteiger partial charge in [-0.3, -0.25) is 29.4 Å². The highest BCUT2D eigenvalue weighted by molar-refractivity contribution is 7.13. The number of nitrogens with one attached hydrogen (secondary N) is 1. The van der Waals surface area contributed by atoms with Crippen molar-refractivity contribution >= 4 is 35.0 Å². The lowest BCUT2D eigenvalue weighted by Gasteiger charge is -2.27. The first kappa shape index (κ1) is 18.3. The summed E-state index contributed by atoms with van der Waals surface area (Å²) in [6, 6.07) is 3.83. The van der Waals surface area contributed by atoms with Crippen LogP contribution in [0.1, 0.15) is 39.3 Å². The summed E-state index contributed by atoms with van der Waals surface area (Å²) in [5, 5.41) is 10.5. The molecule has 2 aromatic heterocycles. The van der Waals surface area contributed by atoms with E-state index in [1.807, 2.05) is 6.92 Å². The minimum absolute atomic E-state index is 0.0668. The van der Waals surface area contributed by atoms with E-state index in [1.165, 1.54) is 22.1 Å². The molecule has 0 radical (unpaired) electrons. The highest BCUT2D eigenvalue weighted by Gasteiger charge is 2.45. The number of benzene rings is 1. The van der Waals surface area contributed by atoms with Crippen molar-refractivity contribution in [3.8, 4) is 16.3 Å². The van der Waals surface area contributed by atoms with E-state index in [0.717, 1.165) is 15.5 Å². The minimum Gasteiger partial charge on any atom is -0.295 e. The molecule has 1 atom stereocenters. The highest BCUT2D eigenvalue weighted by Crippen LogP contribution is 2.32. The smallest absolute Gasteiger partial charge is 0.264 e. The average molecular weight is 422 g/mol. The second-order valence-corrected chi connectivity index (χ2v) is 7.82. The second kappa shape index (κ2) is 6.66. The molecular weight excluding hydrogens is 408 g/mol. The van der Waals surface area contributed by atoms with Crippen molar-refractivity contribution in [1.29, 1.82) is 0 Å². The monoisotopic (exact) mass is 422 g/mol. The predicted molar refractivity (Wildman–Crippen MR) is 104 cm³/mol. The summed E-state index contributed by atoms with van der Waals surface area (Å²) in [6.07, 6.45) is 1.84. The summed E-state index contributed by atoms with van der Waals surface area (Å²) >= 11 is 1.43. The number of rotatable bonds is 3. The number of hydrogen-bond donors (Lipinski definition) is 1. The van der Waals surface area contributed by atoms with E-state index in [2.05, 4.69) is 20.6 Å². The van der Waals surface area contributed by atoms with Gasteiger partial charge in [0.2, 0.25) is 11.8 Å². The van der Waals surface area contributed by atoms with Crippen molar-refractivity contribution in [2.24, 2.45) is 0 Å². The van der Waals surface area contributed by atoms with Crippen LogP contribution < -0.4 is 5.32 Å². The molecule has 4 amide bonds. The van der Waals surface area contributed by atoms with Crippen LogP contribution in [-0.2, 0) is 9.59 Å². The molecule has 0 spiro atoms. The lowest BCUT2D eigenvalue weighted by Crippen LogP contribution is -2.54. The third-order valence-electron chi connectivity index (χ3n) is 5.16. The Bertz CT molecular complexity index is 1250. The van der Waals surface area contributed by atoms with Crippen LogP contribution in [0.3, 0.4) is 0 Å². The fourth-order valence-electron chi connectivity index (χ4n) is 3.72. The van der Waals surface area contributed by atoms with Gasteiger partial charge in [-0.1, -0.05) is 11.3 Å². The summed E-state index contributed by atoms with van der Waals surface area (Å²) in [4.78, 5) is 55.8. The third kappa shape index (κ3) is 2.66. The van der Waals surface area contributed by atoms with E-state index in [-0.39, 0.29) is 24.0 Å². The molecule has 5 rings (SSSR count). The van der Waals surface area contributed by atoms with Gasteiger partial charge in [0.15, 0.2) is 0 Å². The van der Waals surface area contributed by atoms with Crippen LogP contribution in [-0.4, -0.2) is 54.5 Å². The topological polar surface area (TPSA) is 127 Å². The first-order valence-electron chi connectivity index (χ1n) is 9.13. The molecule has 150 valence electrons. The van der Waals surface area contributed by atoms with Crippen LogP contribution >= 0.6 is 11.3 Å². The Kier molecular flexibility index (Phi) is 4.07. The van der Waals surface area contributed by atoms with Gasteiger partial charge in [0.25, 0.3) is 11.8 Å². The van der Waals surface area contributed by atoms with E-state index in [9.17, 15) is 19.2 Å². The van der Waals surface area contributed by atoms with Crippen molar-refractivity contribution in [3.05, 3.63) is 46.7 Å². The SMILES string of the molecule is Cc1ncsc1-c1cn(-c2cccc3c2C(=O)N(C2CCC(=O)NC2=O)C3=O)nn1. The van der Waals surface area contributed by atoms with Gasteiger partial charge < -0.3 is 0 Å². The molecule has 1 unspecified atom stereocenters. The van der Waals surface area contributed by atoms with Crippen molar-refractivity contribution in [2.45, 2.75) is 25.8 Å². The van der Waals surface area contributed by atoms with E-state index < -0.39 is 29.7 Å². The Hall–Kier alpha value is -3.73.